The zero-order chi connectivity index (χ0) is 13.5. The van der Waals surface area contributed by atoms with E-state index in [0.717, 1.165) is 25.5 Å². The maximum absolute atomic E-state index is 5.46. The van der Waals surface area contributed by atoms with Gasteiger partial charge in [-0.1, -0.05) is 23.4 Å². The van der Waals surface area contributed by atoms with E-state index in [-0.39, 0.29) is 0 Å². The molecule has 1 aliphatic carbocycles. The first-order valence-corrected chi connectivity index (χ1v) is 7.19. The summed E-state index contributed by atoms with van der Waals surface area (Å²) in [5.74, 6) is 1.42. The minimum Gasteiger partial charge on any atom is -0.373 e. The minimum absolute atomic E-state index is 0.537. The lowest BCUT2D eigenvalue weighted by molar-refractivity contribution is 0.406. The second-order valence-corrected chi connectivity index (χ2v) is 5.68. The van der Waals surface area contributed by atoms with Crippen molar-refractivity contribution in [2.24, 2.45) is 0 Å². The average molecular weight is 270 g/mol. The number of nitrogens with zero attached hydrogens (tertiary/aromatic N) is 4. The van der Waals surface area contributed by atoms with E-state index in [4.69, 9.17) is 4.52 Å². The highest BCUT2D eigenvalue weighted by Crippen LogP contribution is 2.39. The second kappa shape index (κ2) is 4.51. The first kappa shape index (κ1) is 11.8. The van der Waals surface area contributed by atoms with Crippen LogP contribution in [0.1, 0.15) is 30.1 Å². The summed E-state index contributed by atoms with van der Waals surface area (Å²) in [4.78, 5) is 9.03. The van der Waals surface area contributed by atoms with Gasteiger partial charge in [0.15, 0.2) is 5.82 Å². The van der Waals surface area contributed by atoms with Gasteiger partial charge in [0.2, 0.25) is 0 Å². The van der Waals surface area contributed by atoms with Crippen molar-refractivity contribution in [1.29, 1.82) is 0 Å². The number of likely N-dealkylation sites (N-methyl/N-ethyl adjacent to an activating group) is 1. The molecular formula is C15H18N4O. The van der Waals surface area contributed by atoms with Crippen molar-refractivity contribution in [2.75, 3.05) is 29.9 Å². The fraction of sp³-hybridized carbons (Fsp3) is 0.467. The highest BCUT2D eigenvalue weighted by molar-refractivity contribution is 5.55. The molecule has 0 atom stereocenters. The van der Waals surface area contributed by atoms with E-state index >= 15 is 0 Å². The number of benzene rings is 1. The summed E-state index contributed by atoms with van der Waals surface area (Å²) in [7, 11) is 2.13. The van der Waals surface area contributed by atoms with Gasteiger partial charge in [-0.3, -0.25) is 0 Å². The third-order valence-electron chi connectivity index (χ3n) is 4.11. The predicted octanol–water partition coefficient (Wildman–Crippen LogP) is 2.40. The molecule has 1 aliphatic heterocycles. The summed E-state index contributed by atoms with van der Waals surface area (Å²) in [6.45, 7) is 2.68. The fourth-order valence-electron chi connectivity index (χ4n) is 2.72. The normalized spacial score (nSPS) is 18.9. The summed E-state index contributed by atoms with van der Waals surface area (Å²) < 4.78 is 5.46. The van der Waals surface area contributed by atoms with E-state index in [1.54, 1.807) is 0 Å². The van der Waals surface area contributed by atoms with Crippen LogP contribution in [0.5, 0.6) is 0 Å². The van der Waals surface area contributed by atoms with Crippen molar-refractivity contribution >= 4 is 11.7 Å². The average Bonchev–Trinajstić information content (AvgIpc) is 3.24. The van der Waals surface area contributed by atoms with Gasteiger partial charge in [0, 0.05) is 38.3 Å². The SMILES string of the molecule is CN1CCN(c2nc(C3CC3)no2)Cc2ccccc21. The van der Waals surface area contributed by atoms with Gasteiger partial charge in [-0.2, -0.15) is 4.98 Å². The van der Waals surface area contributed by atoms with Crippen LogP contribution in [0.3, 0.4) is 0 Å². The maximum atomic E-state index is 5.46. The van der Waals surface area contributed by atoms with Gasteiger partial charge >= 0.3 is 6.01 Å². The molecule has 0 N–H and O–H groups in total. The number of fused-ring (bicyclic) bond motifs is 1. The molecule has 1 aromatic carbocycles. The Kier molecular flexibility index (Phi) is 2.65. The third kappa shape index (κ3) is 2.03. The Labute approximate surface area is 118 Å². The largest absolute Gasteiger partial charge is 0.373 e. The molecule has 20 heavy (non-hydrogen) atoms. The van der Waals surface area contributed by atoms with E-state index < -0.39 is 0 Å². The topological polar surface area (TPSA) is 45.4 Å². The molecule has 0 radical (unpaired) electrons. The van der Waals surface area contributed by atoms with Crippen LogP contribution in [0.25, 0.3) is 0 Å². The molecule has 1 fully saturated rings. The van der Waals surface area contributed by atoms with Crippen molar-refractivity contribution in [2.45, 2.75) is 25.3 Å². The zero-order valence-corrected chi connectivity index (χ0v) is 11.6. The standard InChI is InChI=1S/C15H18N4O/c1-18-8-9-19(10-12-4-2-3-5-13(12)18)15-16-14(17-20-15)11-6-7-11/h2-5,11H,6-10H2,1H3. The number of anilines is 2. The van der Waals surface area contributed by atoms with Gasteiger partial charge in [0.05, 0.1) is 0 Å². The predicted molar refractivity (Wildman–Crippen MR) is 77.0 cm³/mol. The number of aromatic nitrogens is 2. The molecule has 2 aromatic rings. The molecule has 1 aromatic heterocycles. The smallest absolute Gasteiger partial charge is 0.324 e. The monoisotopic (exact) mass is 270 g/mol. The summed E-state index contributed by atoms with van der Waals surface area (Å²) in [6.07, 6.45) is 2.40. The molecule has 0 unspecified atom stereocenters. The van der Waals surface area contributed by atoms with Crippen molar-refractivity contribution in [3.63, 3.8) is 0 Å². The van der Waals surface area contributed by atoms with Crippen molar-refractivity contribution in [3.05, 3.63) is 35.7 Å². The fourth-order valence-corrected chi connectivity index (χ4v) is 2.72. The summed E-state index contributed by atoms with van der Waals surface area (Å²) in [5.41, 5.74) is 2.59. The summed E-state index contributed by atoms with van der Waals surface area (Å²) >= 11 is 0. The lowest BCUT2D eigenvalue weighted by Crippen LogP contribution is -2.29. The number of para-hydroxylation sites is 1. The van der Waals surface area contributed by atoms with Gasteiger partial charge < -0.3 is 14.3 Å². The zero-order valence-electron chi connectivity index (χ0n) is 11.6. The van der Waals surface area contributed by atoms with Crippen LogP contribution in [0.2, 0.25) is 0 Å². The lowest BCUT2D eigenvalue weighted by atomic mass is 10.1. The van der Waals surface area contributed by atoms with Gasteiger partial charge in [0.25, 0.3) is 0 Å². The van der Waals surface area contributed by atoms with Crippen molar-refractivity contribution < 1.29 is 4.52 Å². The third-order valence-corrected chi connectivity index (χ3v) is 4.11. The van der Waals surface area contributed by atoms with Crippen molar-refractivity contribution in [1.82, 2.24) is 10.1 Å². The van der Waals surface area contributed by atoms with Crippen LogP contribution in [-0.4, -0.2) is 30.3 Å². The Morgan fingerprint density at radius 1 is 1.20 bits per heavy atom. The van der Waals surface area contributed by atoms with Gasteiger partial charge in [0.1, 0.15) is 0 Å². The lowest BCUT2D eigenvalue weighted by Gasteiger charge is -2.18. The molecule has 104 valence electrons. The van der Waals surface area contributed by atoms with E-state index in [1.165, 1.54) is 24.1 Å². The first-order valence-electron chi connectivity index (χ1n) is 7.19. The molecule has 0 spiro atoms. The van der Waals surface area contributed by atoms with E-state index in [2.05, 4.69) is 51.3 Å². The molecule has 1 saturated carbocycles. The molecule has 0 saturated heterocycles. The molecule has 5 heteroatoms. The molecule has 0 amide bonds. The highest BCUT2D eigenvalue weighted by atomic mass is 16.5. The maximum Gasteiger partial charge on any atom is 0.324 e. The minimum atomic E-state index is 0.537. The Hall–Kier alpha value is -2.04. The van der Waals surface area contributed by atoms with E-state index in [1.807, 2.05) is 0 Å². The van der Waals surface area contributed by atoms with Gasteiger partial charge in [-0.15, -0.1) is 0 Å². The molecular weight excluding hydrogens is 252 g/mol. The van der Waals surface area contributed by atoms with Crippen LogP contribution >= 0.6 is 0 Å². The van der Waals surface area contributed by atoms with Crippen molar-refractivity contribution in [3.8, 4) is 0 Å². The molecule has 2 heterocycles. The quantitative estimate of drug-likeness (QED) is 0.838. The number of rotatable bonds is 2. The highest BCUT2D eigenvalue weighted by Gasteiger charge is 2.30. The van der Waals surface area contributed by atoms with Crippen LogP contribution in [-0.2, 0) is 6.54 Å². The summed E-state index contributed by atoms with van der Waals surface area (Å²) in [5, 5.41) is 4.12. The van der Waals surface area contributed by atoms with Crippen LogP contribution < -0.4 is 9.80 Å². The van der Waals surface area contributed by atoms with E-state index in [0.29, 0.717) is 11.9 Å². The van der Waals surface area contributed by atoms with Crippen LogP contribution in [0.15, 0.2) is 28.8 Å². The molecule has 4 rings (SSSR count). The van der Waals surface area contributed by atoms with Gasteiger partial charge in [-0.05, 0) is 24.5 Å². The number of hydrogen-bond acceptors (Lipinski definition) is 5. The van der Waals surface area contributed by atoms with Crippen LogP contribution in [0.4, 0.5) is 11.7 Å². The first-order chi connectivity index (χ1) is 9.81. The van der Waals surface area contributed by atoms with Gasteiger partial charge in [-0.25, -0.2) is 0 Å². The Morgan fingerprint density at radius 2 is 2.05 bits per heavy atom. The van der Waals surface area contributed by atoms with Crippen LogP contribution in [0, 0.1) is 0 Å². The Bertz CT molecular complexity index is 620. The second-order valence-electron chi connectivity index (χ2n) is 5.68. The molecule has 2 aliphatic rings. The Balaban J connectivity index is 1.62. The Morgan fingerprint density at radius 3 is 2.90 bits per heavy atom. The molecule has 0 bridgehead atoms. The number of hydrogen-bond donors (Lipinski definition) is 0. The summed E-state index contributed by atoms with van der Waals surface area (Å²) in [6, 6.07) is 9.17. The van der Waals surface area contributed by atoms with E-state index in [9.17, 15) is 0 Å². The molecule has 5 nitrogen and oxygen atoms in total.